The molecule has 0 unspecified atom stereocenters. The average molecular weight is 621 g/mol. The molecular formula is C30H32BrF3N2O4. The van der Waals surface area contributed by atoms with Gasteiger partial charge in [0, 0.05) is 23.5 Å². The van der Waals surface area contributed by atoms with Crippen molar-refractivity contribution in [3.8, 4) is 5.75 Å². The molecule has 0 spiro atoms. The van der Waals surface area contributed by atoms with Crippen molar-refractivity contribution in [2.75, 3.05) is 0 Å². The SMILES string of the molecule is CCCCCc1ccc(CNC(=O)c2ccc(CN(Cc3ccc(OC(F)(F)F)cc3)OC(C)=O)c(Br)c2)cc1. The van der Waals surface area contributed by atoms with Crippen molar-refractivity contribution in [3.05, 3.63) is 99.0 Å². The zero-order valence-corrected chi connectivity index (χ0v) is 24.0. The fourth-order valence-electron chi connectivity index (χ4n) is 4.00. The fraction of sp³-hybridized carbons (Fsp3) is 0.333. The second-order valence-corrected chi connectivity index (χ2v) is 10.2. The quantitative estimate of drug-likeness (QED) is 0.158. The van der Waals surface area contributed by atoms with Crippen LogP contribution in [-0.2, 0) is 35.7 Å². The monoisotopic (exact) mass is 620 g/mol. The van der Waals surface area contributed by atoms with Gasteiger partial charge < -0.3 is 14.9 Å². The third kappa shape index (κ3) is 10.7. The van der Waals surface area contributed by atoms with Crippen LogP contribution in [0.2, 0.25) is 0 Å². The van der Waals surface area contributed by atoms with Crippen molar-refractivity contribution < 1.29 is 32.3 Å². The number of hydrogen-bond acceptors (Lipinski definition) is 5. The number of unbranched alkanes of at least 4 members (excludes halogenated alkanes) is 2. The molecule has 0 saturated carbocycles. The Kier molecular flexibility index (Phi) is 11.6. The summed E-state index contributed by atoms with van der Waals surface area (Å²) in [4.78, 5) is 29.7. The minimum absolute atomic E-state index is 0.123. The molecule has 6 nitrogen and oxygen atoms in total. The average Bonchev–Trinajstić information content (AvgIpc) is 2.89. The third-order valence-electron chi connectivity index (χ3n) is 5.98. The van der Waals surface area contributed by atoms with Gasteiger partial charge in [-0.05, 0) is 59.4 Å². The van der Waals surface area contributed by atoms with Crippen molar-refractivity contribution in [2.24, 2.45) is 0 Å². The van der Waals surface area contributed by atoms with E-state index in [-0.39, 0.29) is 24.7 Å². The van der Waals surface area contributed by atoms with E-state index in [1.54, 1.807) is 18.2 Å². The standard InChI is InChI=1S/C30H32BrF3N2O4/c1-3-4-5-6-22-7-9-23(10-8-22)18-35-29(38)25-13-14-26(28(31)17-25)20-36(40-21(2)37)19-24-11-15-27(16-12-24)39-30(32,33)34/h7-17H,3-6,18-20H2,1-2H3,(H,35,38). The summed E-state index contributed by atoms with van der Waals surface area (Å²) in [7, 11) is 0. The minimum Gasteiger partial charge on any atom is -0.406 e. The number of nitrogens with one attached hydrogen (secondary N) is 1. The van der Waals surface area contributed by atoms with Crippen molar-refractivity contribution in [3.63, 3.8) is 0 Å². The first-order valence-electron chi connectivity index (χ1n) is 12.9. The molecule has 10 heteroatoms. The summed E-state index contributed by atoms with van der Waals surface area (Å²) in [5, 5.41) is 4.31. The lowest BCUT2D eigenvalue weighted by Crippen LogP contribution is -2.26. The summed E-state index contributed by atoms with van der Waals surface area (Å²) in [6.45, 7) is 4.14. The van der Waals surface area contributed by atoms with Gasteiger partial charge in [0.2, 0.25) is 0 Å². The summed E-state index contributed by atoms with van der Waals surface area (Å²) in [6.07, 6.45) is -0.151. The Bertz CT molecular complexity index is 1270. The minimum atomic E-state index is -4.78. The highest BCUT2D eigenvalue weighted by Crippen LogP contribution is 2.25. The number of alkyl halides is 3. The molecule has 40 heavy (non-hydrogen) atoms. The van der Waals surface area contributed by atoms with Crippen LogP contribution in [0.5, 0.6) is 5.75 Å². The molecule has 0 fully saturated rings. The Hall–Kier alpha value is -3.37. The lowest BCUT2D eigenvalue weighted by atomic mass is 10.1. The molecular weight excluding hydrogens is 589 g/mol. The van der Waals surface area contributed by atoms with Gasteiger partial charge in [-0.3, -0.25) is 9.59 Å². The van der Waals surface area contributed by atoms with Crippen LogP contribution < -0.4 is 10.1 Å². The molecule has 3 rings (SSSR count). The molecule has 3 aromatic rings. The van der Waals surface area contributed by atoms with E-state index < -0.39 is 12.3 Å². The van der Waals surface area contributed by atoms with E-state index in [2.05, 4.69) is 45.0 Å². The zero-order valence-electron chi connectivity index (χ0n) is 22.4. The molecule has 1 amide bonds. The molecule has 214 valence electrons. The van der Waals surface area contributed by atoms with Gasteiger partial charge in [-0.15, -0.1) is 18.2 Å². The number of carbonyl (C=O) groups is 2. The van der Waals surface area contributed by atoms with Gasteiger partial charge in [0.15, 0.2) is 0 Å². The van der Waals surface area contributed by atoms with Crippen LogP contribution in [0.4, 0.5) is 13.2 Å². The maximum atomic E-state index is 12.8. The van der Waals surface area contributed by atoms with E-state index in [1.165, 1.54) is 61.1 Å². The Morgan fingerprint density at radius 3 is 2.15 bits per heavy atom. The molecule has 0 aliphatic carbocycles. The summed E-state index contributed by atoms with van der Waals surface area (Å²) >= 11 is 3.49. The van der Waals surface area contributed by atoms with Crippen molar-refractivity contribution in [1.29, 1.82) is 0 Å². The lowest BCUT2D eigenvalue weighted by molar-refractivity contribution is -0.274. The van der Waals surface area contributed by atoms with Crippen LogP contribution in [0.25, 0.3) is 0 Å². The normalized spacial score (nSPS) is 11.4. The van der Waals surface area contributed by atoms with Crippen LogP contribution in [0.15, 0.2) is 71.2 Å². The maximum absolute atomic E-state index is 12.8. The molecule has 0 aliphatic heterocycles. The molecule has 0 aliphatic rings. The molecule has 0 radical (unpaired) electrons. The zero-order chi connectivity index (χ0) is 29.1. The molecule has 3 aromatic carbocycles. The largest absolute Gasteiger partial charge is 0.573 e. The highest BCUT2D eigenvalue weighted by molar-refractivity contribution is 9.10. The fourth-order valence-corrected chi connectivity index (χ4v) is 4.50. The Labute approximate surface area is 240 Å². The van der Waals surface area contributed by atoms with Gasteiger partial charge in [-0.1, -0.05) is 78.2 Å². The molecule has 0 heterocycles. The number of amides is 1. The van der Waals surface area contributed by atoms with Crippen molar-refractivity contribution >= 4 is 27.8 Å². The second kappa shape index (κ2) is 14.9. The molecule has 0 atom stereocenters. The third-order valence-corrected chi connectivity index (χ3v) is 6.72. The van der Waals surface area contributed by atoms with E-state index in [1.807, 2.05) is 12.1 Å². The van der Waals surface area contributed by atoms with E-state index in [0.717, 1.165) is 17.5 Å². The van der Waals surface area contributed by atoms with Gasteiger partial charge in [0.1, 0.15) is 5.75 Å². The first kappa shape index (κ1) is 31.2. The van der Waals surface area contributed by atoms with Crippen LogP contribution >= 0.6 is 15.9 Å². The predicted octanol–water partition coefficient (Wildman–Crippen LogP) is 7.49. The highest BCUT2D eigenvalue weighted by Gasteiger charge is 2.31. The predicted molar refractivity (Wildman–Crippen MR) is 149 cm³/mol. The van der Waals surface area contributed by atoms with Gasteiger partial charge in [-0.25, -0.2) is 0 Å². The van der Waals surface area contributed by atoms with E-state index in [0.29, 0.717) is 22.1 Å². The van der Waals surface area contributed by atoms with Crippen LogP contribution in [0.1, 0.15) is 65.7 Å². The molecule has 0 saturated heterocycles. The molecule has 0 bridgehead atoms. The van der Waals surface area contributed by atoms with Crippen LogP contribution in [-0.4, -0.2) is 23.3 Å². The summed E-state index contributed by atoms with van der Waals surface area (Å²) in [6, 6.07) is 18.7. The maximum Gasteiger partial charge on any atom is 0.573 e. The number of halogens is 4. The Morgan fingerprint density at radius 1 is 0.900 bits per heavy atom. The summed E-state index contributed by atoms with van der Waals surface area (Å²) < 4.78 is 41.8. The number of hydroxylamine groups is 2. The Morgan fingerprint density at radius 2 is 1.55 bits per heavy atom. The number of rotatable bonds is 13. The number of hydrogen-bond donors (Lipinski definition) is 1. The van der Waals surface area contributed by atoms with Crippen molar-refractivity contribution in [2.45, 2.75) is 65.5 Å². The van der Waals surface area contributed by atoms with E-state index in [4.69, 9.17) is 4.84 Å². The summed E-state index contributed by atoms with van der Waals surface area (Å²) in [5.74, 6) is -1.11. The lowest BCUT2D eigenvalue weighted by Gasteiger charge is -2.21. The highest BCUT2D eigenvalue weighted by atomic mass is 79.9. The van der Waals surface area contributed by atoms with Crippen LogP contribution in [0, 0.1) is 0 Å². The number of aryl methyl sites for hydroxylation is 1. The van der Waals surface area contributed by atoms with E-state index in [9.17, 15) is 22.8 Å². The first-order valence-corrected chi connectivity index (χ1v) is 13.7. The van der Waals surface area contributed by atoms with Crippen molar-refractivity contribution in [1.82, 2.24) is 10.4 Å². The number of carbonyl (C=O) groups excluding carboxylic acids is 2. The number of benzene rings is 3. The second-order valence-electron chi connectivity index (χ2n) is 9.34. The molecule has 1 N–H and O–H groups in total. The molecule has 0 aromatic heterocycles. The van der Waals surface area contributed by atoms with Gasteiger partial charge in [0.05, 0.1) is 13.1 Å². The van der Waals surface area contributed by atoms with Crippen LogP contribution in [0.3, 0.4) is 0 Å². The van der Waals surface area contributed by atoms with Gasteiger partial charge >= 0.3 is 12.3 Å². The number of ether oxygens (including phenoxy) is 1. The van der Waals surface area contributed by atoms with E-state index >= 15 is 0 Å². The smallest absolute Gasteiger partial charge is 0.406 e. The first-order chi connectivity index (χ1) is 19.0. The topological polar surface area (TPSA) is 67.9 Å². The Balaban J connectivity index is 1.59. The summed E-state index contributed by atoms with van der Waals surface area (Å²) in [5.41, 5.74) is 4.12. The van der Waals surface area contributed by atoms with Gasteiger partial charge in [0.25, 0.3) is 5.91 Å². The van der Waals surface area contributed by atoms with Gasteiger partial charge in [-0.2, -0.15) is 0 Å². The number of nitrogens with zero attached hydrogens (tertiary/aromatic N) is 1.